The van der Waals surface area contributed by atoms with Gasteiger partial charge in [-0.1, -0.05) is 17.3 Å². The van der Waals surface area contributed by atoms with Gasteiger partial charge in [0.2, 0.25) is 11.6 Å². The minimum absolute atomic E-state index is 0.0768. The first kappa shape index (κ1) is 27.0. The van der Waals surface area contributed by atoms with Gasteiger partial charge in [0.15, 0.2) is 5.65 Å². The first-order valence-electron chi connectivity index (χ1n) is 14.3. The fraction of sp³-hybridized carbons (Fsp3) is 0.379. The van der Waals surface area contributed by atoms with Crippen molar-refractivity contribution in [2.24, 2.45) is 7.05 Å². The molecule has 0 unspecified atom stereocenters. The normalized spacial score (nSPS) is 18.0. The van der Waals surface area contributed by atoms with Crippen molar-refractivity contribution in [2.75, 3.05) is 57.8 Å². The van der Waals surface area contributed by atoms with Gasteiger partial charge in [-0.15, -0.1) is 5.10 Å². The molecule has 0 N–H and O–H groups in total. The van der Waals surface area contributed by atoms with Crippen molar-refractivity contribution in [3.05, 3.63) is 60.8 Å². The number of nitrogens with zero attached hydrogens (tertiary/aromatic N) is 12. The number of carbonyl (C=O) groups excluding carboxylic acids is 1. The molecule has 0 spiro atoms. The molecule has 2 saturated heterocycles. The maximum Gasteiger partial charge on any atom is 0.253 e. The van der Waals surface area contributed by atoms with Crippen LogP contribution in [0.5, 0.6) is 0 Å². The summed E-state index contributed by atoms with van der Waals surface area (Å²) in [5.41, 5.74) is 5.22. The van der Waals surface area contributed by atoms with Gasteiger partial charge in [-0.25, -0.2) is 24.6 Å². The molecule has 0 radical (unpaired) electrons. The number of hydrogen-bond donors (Lipinski definition) is 0. The summed E-state index contributed by atoms with van der Waals surface area (Å²) in [7, 11) is 3.94. The van der Waals surface area contributed by atoms with Crippen molar-refractivity contribution in [1.29, 1.82) is 0 Å². The van der Waals surface area contributed by atoms with E-state index in [1.807, 2.05) is 54.8 Å². The quantitative estimate of drug-likeness (QED) is 0.288. The number of ether oxygens (including phenoxy) is 1. The molecule has 1 amide bonds. The van der Waals surface area contributed by atoms with Crippen LogP contribution in [0.4, 0.5) is 5.95 Å². The lowest BCUT2D eigenvalue weighted by atomic mass is 10.1. The van der Waals surface area contributed by atoms with Crippen LogP contribution in [0.25, 0.3) is 33.7 Å². The van der Waals surface area contributed by atoms with Crippen LogP contribution in [-0.4, -0.2) is 119 Å². The number of likely N-dealkylation sites (N-methyl/N-ethyl adjacent to an activating group) is 1. The van der Waals surface area contributed by atoms with Crippen molar-refractivity contribution in [1.82, 2.24) is 54.5 Å². The summed E-state index contributed by atoms with van der Waals surface area (Å²) in [6, 6.07) is 7.68. The molecule has 0 aliphatic carbocycles. The molecular formula is C29H32N12O2. The summed E-state index contributed by atoms with van der Waals surface area (Å²) in [5.74, 6) is 0.717. The highest BCUT2D eigenvalue weighted by atomic mass is 16.5. The van der Waals surface area contributed by atoms with E-state index in [1.54, 1.807) is 21.8 Å². The van der Waals surface area contributed by atoms with Crippen LogP contribution < -0.4 is 4.90 Å². The average Bonchev–Trinajstić information content (AvgIpc) is 3.67. The molecule has 1 atom stereocenters. The number of carbonyl (C=O) groups is 1. The van der Waals surface area contributed by atoms with Crippen LogP contribution in [0.1, 0.15) is 10.4 Å². The van der Waals surface area contributed by atoms with E-state index in [0.717, 1.165) is 42.9 Å². The first-order chi connectivity index (χ1) is 21.0. The van der Waals surface area contributed by atoms with Crippen LogP contribution in [0.2, 0.25) is 0 Å². The van der Waals surface area contributed by atoms with E-state index >= 15 is 0 Å². The van der Waals surface area contributed by atoms with E-state index in [4.69, 9.17) is 9.72 Å². The van der Waals surface area contributed by atoms with Gasteiger partial charge < -0.3 is 19.4 Å². The van der Waals surface area contributed by atoms with Gasteiger partial charge >= 0.3 is 0 Å². The predicted molar refractivity (Wildman–Crippen MR) is 158 cm³/mol. The zero-order chi connectivity index (χ0) is 29.3. The van der Waals surface area contributed by atoms with E-state index < -0.39 is 0 Å². The Bertz CT molecular complexity index is 1720. The number of hydrogen-bond acceptors (Lipinski definition) is 11. The maximum absolute atomic E-state index is 12.9. The van der Waals surface area contributed by atoms with Gasteiger partial charge in [0, 0.05) is 81.6 Å². The molecule has 4 aromatic heterocycles. The van der Waals surface area contributed by atoms with Gasteiger partial charge in [-0.3, -0.25) is 9.48 Å². The Morgan fingerprint density at radius 1 is 0.907 bits per heavy atom. The second-order valence-corrected chi connectivity index (χ2v) is 11.0. The number of amides is 1. The molecular weight excluding hydrogens is 548 g/mol. The summed E-state index contributed by atoms with van der Waals surface area (Å²) >= 11 is 0. The summed E-state index contributed by atoms with van der Waals surface area (Å²) < 4.78 is 9.52. The van der Waals surface area contributed by atoms with Gasteiger partial charge in [-0.05, 0) is 24.7 Å². The van der Waals surface area contributed by atoms with Crippen molar-refractivity contribution in [3.63, 3.8) is 0 Å². The summed E-state index contributed by atoms with van der Waals surface area (Å²) in [4.78, 5) is 37.6. The standard InChI is InChI=1S/C29H32N12O2/c1-37-7-9-39(10-8-37)28(42)21-5-3-20(4-6-21)22-13-31-29(32-14-22)40-11-12-43-24(18-40)19-41-27-26(35-36-41)30-16-25(34-27)23-15-33-38(2)17-23/h3-6,13-17,24H,7-12,18-19H2,1-2H3/t24-/m0/s1. The minimum Gasteiger partial charge on any atom is -0.373 e. The van der Waals surface area contributed by atoms with Crippen LogP contribution in [0.15, 0.2) is 55.2 Å². The smallest absolute Gasteiger partial charge is 0.253 e. The molecule has 2 fully saturated rings. The van der Waals surface area contributed by atoms with Crippen molar-refractivity contribution >= 4 is 23.1 Å². The zero-order valence-electron chi connectivity index (χ0n) is 24.1. The molecule has 6 heterocycles. The van der Waals surface area contributed by atoms with Crippen molar-refractivity contribution in [2.45, 2.75) is 12.6 Å². The molecule has 220 valence electrons. The number of aryl methyl sites for hydroxylation is 1. The van der Waals surface area contributed by atoms with Gasteiger partial charge in [0.05, 0.1) is 37.3 Å². The van der Waals surface area contributed by atoms with Crippen LogP contribution in [-0.2, 0) is 18.3 Å². The highest BCUT2D eigenvalue weighted by molar-refractivity contribution is 5.94. The monoisotopic (exact) mass is 580 g/mol. The van der Waals surface area contributed by atoms with Crippen LogP contribution in [0.3, 0.4) is 0 Å². The largest absolute Gasteiger partial charge is 0.373 e. The minimum atomic E-state index is -0.156. The third-order valence-corrected chi connectivity index (χ3v) is 7.92. The Kier molecular flexibility index (Phi) is 7.20. The maximum atomic E-state index is 12.9. The number of fused-ring (bicyclic) bond motifs is 1. The van der Waals surface area contributed by atoms with Crippen molar-refractivity contribution < 1.29 is 9.53 Å². The summed E-state index contributed by atoms with van der Waals surface area (Å²) in [5, 5.41) is 12.7. The summed E-state index contributed by atoms with van der Waals surface area (Å²) in [6.45, 7) is 5.60. The highest BCUT2D eigenvalue weighted by Gasteiger charge is 2.25. The van der Waals surface area contributed by atoms with Gasteiger partial charge in [-0.2, -0.15) is 5.10 Å². The van der Waals surface area contributed by atoms with Crippen LogP contribution in [0, 0.1) is 0 Å². The van der Waals surface area contributed by atoms with E-state index in [1.165, 1.54) is 0 Å². The number of benzene rings is 1. The Balaban J connectivity index is 1.00. The van der Waals surface area contributed by atoms with Gasteiger partial charge in [0.25, 0.3) is 5.91 Å². The fourth-order valence-electron chi connectivity index (χ4n) is 5.41. The second-order valence-electron chi connectivity index (χ2n) is 11.0. The van der Waals surface area contributed by atoms with Gasteiger partial charge in [0.1, 0.15) is 0 Å². The SMILES string of the molecule is CN1CCN(C(=O)c2ccc(-c3cnc(N4CCO[C@H](Cn5nnc6ncc(-c7cnn(C)c7)nc65)C4)nc3)cc2)CC1. The second kappa shape index (κ2) is 11.5. The first-order valence-corrected chi connectivity index (χ1v) is 14.3. The lowest BCUT2D eigenvalue weighted by Crippen LogP contribution is -2.47. The molecule has 14 nitrogen and oxygen atoms in total. The highest BCUT2D eigenvalue weighted by Crippen LogP contribution is 2.22. The number of morpholine rings is 1. The number of anilines is 1. The molecule has 7 rings (SSSR count). The molecule has 2 aliphatic rings. The van der Waals surface area contributed by atoms with E-state index in [9.17, 15) is 4.79 Å². The third kappa shape index (κ3) is 5.66. The van der Waals surface area contributed by atoms with E-state index in [2.05, 4.69) is 47.2 Å². The van der Waals surface area contributed by atoms with E-state index in [0.29, 0.717) is 54.7 Å². The predicted octanol–water partition coefficient (Wildman–Crippen LogP) is 1.37. The zero-order valence-corrected chi connectivity index (χ0v) is 24.1. The molecule has 5 aromatic rings. The Morgan fingerprint density at radius 2 is 1.70 bits per heavy atom. The number of rotatable bonds is 6. The molecule has 2 aliphatic heterocycles. The topological polar surface area (TPSA) is 136 Å². The molecule has 43 heavy (non-hydrogen) atoms. The Hall–Kier alpha value is -4.82. The molecule has 0 bridgehead atoms. The average molecular weight is 581 g/mol. The number of piperazine rings is 1. The molecule has 14 heteroatoms. The third-order valence-electron chi connectivity index (χ3n) is 7.92. The lowest BCUT2D eigenvalue weighted by Gasteiger charge is -2.32. The Morgan fingerprint density at radius 3 is 2.44 bits per heavy atom. The fourth-order valence-corrected chi connectivity index (χ4v) is 5.41. The molecule has 1 aromatic carbocycles. The van der Waals surface area contributed by atoms with Crippen LogP contribution >= 0.6 is 0 Å². The lowest BCUT2D eigenvalue weighted by molar-refractivity contribution is 0.0273. The Labute approximate surface area is 247 Å². The molecule has 0 saturated carbocycles. The van der Waals surface area contributed by atoms with Crippen molar-refractivity contribution in [3.8, 4) is 22.4 Å². The van der Waals surface area contributed by atoms with E-state index in [-0.39, 0.29) is 12.0 Å². The number of aromatic nitrogens is 9. The summed E-state index contributed by atoms with van der Waals surface area (Å²) in [6.07, 6.45) is 8.82.